The zero-order chi connectivity index (χ0) is 37.1. The van der Waals surface area contributed by atoms with Gasteiger partial charge >= 0.3 is 5.97 Å². The summed E-state index contributed by atoms with van der Waals surface area (Å²) in [6.07, 6.45) is 8.27. The molecule has 4 bridgehead atoms. The number of carbonyl (C=O) groups is 3. The van der Waals surface area contributed by atoms with Crippen LogP contribution >= 0.6 is 0 Å². The van der Waals surface area contributed by atoms with Gasteiger partial charge in [0.25, 0.3) is 5.91 Å². The number of allylic oxidation sites excluding steroid dienone is 2. The van der Waals surface area contributed by atoms with Crippen LogP contribution in [0.1, 0.15) is 125 Å². The van der Waals surface area contributed by atoms with Crippen molar-refractivity contribution >= 4 is 17.7 Å². The van der Waals surface area contributed by atoms with E-state index in [-0.39, 0.29) is 42.4 Å². The van der Waals surface area contributed by atoms with Crippen LogP contribution in [-0.2, 0) is 27.3 Å². The Bertz CT molecular complexity index is 1880. The molecule has 3 fully saturated rings. The number of furan rings is 1. The molecule has 1 amide bonds. The second kappa shape index (κ2) is 13.1. The summed E-state index contributed by atoms with van der Waals surface area (Å²) in [5.74, 6) is -0.799. The molecular weight excluding hydrogens is 654 g/mol. The lowest BCUT2D eigenvalue weighted by Crippen LogP contribution is -2.60. The molecule has 2 aromatic carbocycles. The van der Waals surface area contributed by atoms with Gasteiger partial charge in [-0.3, -0.25) is 14.4 Å². The first-order valence-corrected chi connectivity index (χ1v) is 19.0. The first-order chi connectivity index (χ1) is 24.6. The van der Waals surface area contributed by atoms with Gasteiger partial charge in [-0.15, -0.1) is 0 Å². The van der Waals surface area contributed by atoms with Crippen molar-refractivity contribution in [2.45, 2.75) is 122 Å². The molecule has 1 aromatic heterocycles. The molecule has 2 heterocycles. The minimum absolute atomic E-state index is 0.0499. The first-order valence-electron chi connectivity index (χ1n) is 19.0. The van der Waals surface area contributed by atoms with Gasteiger partial charge in [-0.05, 0) is 112 Å². The average Bonchev–Trinajstić information content (AvgIpc) is 3.82. The second-order valence-electron chi connectivity index (χ2n) is 17.1. The van der Waals surface area contributed by atoms with E-state index >= 15 is 4.79 Å². The fourth-order valence-corrected chi connectivity index (χ4v) is 10.0. The van der Waals surface area contributed by atoms with Crippen LogP contribution in [0, 0.1) is 16.2 Å². The van der Waals surface area contributed by atoms with E-state index in [1.54, 1.807) is 17.0 Å². The topological polar surface area (TPSA) is 117 Å². The molecule has 6 atom stereocenters. The third kappa shape index (κ3) is 5.68. The number of hydrogen-bond donors (Lipinski definition) is 2. The van der Waals surface area contributed by atoms with E-state index in [9.17, 15) is 19.8 Å². The molecule has 3 aromatic rings. The van der Waals surface area contributed by atoms with Crippen molar-refractivity contribution in [2.75, 3.05) is 6.54 Å². The molecule has 5 aliphatic rings. The molecule has 0 radical (unpaired) electrons. The molecule has 8 rings (SSSR count). The third-order valence-electron chi connectivity index (χ3n) is 14.0. The highest BCUT2D eigenvalue weighted by molar-refractivity contribution is 6.08. The van der Waals surface area contributed by atoms with Crippen LogP contribution < -0.4 is 0 Å². The summed E-state index contributed by atoms with van der Waals surface area (Å²) in [4.78, 5) is 44.3. The normalized spacial score (nSPS) is 32.5. The lowest BCUT2D eigenvalue weighted by molar-refractivity contribution is -0.178. The highest BCUT2D eigenvalue weighted by Gasteiger charge is 2.76. The molecule has 52 heavy (non-hydrogen) atoms. The monoisotopic (exact) mass is 707 g/mol. The Hall–Kier alpha value is -4.01. The fourth-order valence-electron chi connectivity index (χ4n) is 10.0. The maximum Gasteiger partial charge on any atom is 0.313 e. The summed E-state index contributed by atoms with van der Waals surface area (Å²) in [6.45, 7) is 10.4. The maximum absolute atomic E-state index is 15.1. The van der Waals surface area contributed by atoms with Gasteiger partial charge in [0.15, 0.2) is 11.4 Å². The van der Waals surface area contributed by atoms with Crippen LogP contribution in [0.15, 0.2) is 83.0 Å². The van der Waals surface area contributed by atoms with Gasteiger partial charge in [-0.2, -0.15) is 0 Å². The van der Waals surface area contributed by atoms with E-state index in [1.807, 2.05) is 69.3 Å². The van der Waals surface area contributed by atoms with Gasteiger partial charge in [0, 0.05) is 22.9 Å². The number of nitrogens with zero attached hydrogens (tertiary/aromatic N) is 1. The number of fused-ring (bicyclic) bond motifs is 10. The molecule has 2 saturated carbocycles. The number of carbonyl (C=O) groups excluding carboxylic acids is 3. The number of aliphatic hydroxyl groups is 2. The van der Waals surface area contributed by atoms with E-state index in [0.717, 1.165) is 23.1 Å². The largest absolute Gasteiger partial charge is 0.461 e. The first kappa shape index (κ1) is 36.4. The number of esters is 1. The van der Waals surface area contributed by atoms with Crippen molar-refractivity contribution in [3.63, 3.8) is 0 Å². The molecular formula is C44H53NO7. The third-order valence-corrected chi connectivity index (χ3v) is 14.0. The number of aliphatic hydroxyl groups excluding tert-OH is 1. The SMILES string of the molecule is CC1=CCC[C@@]2(C)[C@@H](CC[C@@]2(O)CN(Cc2ccccc2)C(=O)[C@@]23CC[C@@](C)(C(=O)O2)C3(C)C)c2ccc(cc2C(=O)c2ccco2)C[C@@H](O)CC1. The second-order valence-corrected chi connectivity index (χ2v) is 17.1. The van der Waals surface area contributed by atoms with Gasteiger partial charge in [-0.1, -0.05) is 74.9 Å². The molecule has 8 nitrogen and oxygen atoms in total. The Kier molecular flexibility index (Phi) is 9.18. The smallest absolute Gasteiger partial charge is 0.313 e. The minimum atomic E-state index is -1.34. The highest BCUT2D eigenvalue weighted by atomic mass is 16.6. The van der Waals surface area contributed by atoms with Crippen molar-refractivity contribution < 1.29 is 33.8 Å². The van der Waals surface area contributed by atoms with Crippen LogP contribution in [0.2, 0.25) is 0 Å². The fraction of sp³-hybridized carbons (Fsp3) is 0.523. The van der Waals surface area contributed by atoms with Crippen LogP contribution in [0.4, 0.5) is 0 Å². The molecule has 2 N–H and O–H groups in total. The number of amides is 1. The van der Waals surface area contributed by atoms with E-state index in [2.05, 4.69) is 19.9 Å². The number of rotatable bonds is 7. The van der Waals surface area contributed by atoms with E-state index in [0.29, 0.717) is 56.9 Å². The quantitative estimate of drug-likeness (QED) is 0.147. The molecule has 276 valence electrons. The van der Waals surface area contributed by atoms with Crippen molar-refractivity contribution in [2.24, 2.45) is 16.2 Å². The van der Waals surface area contributed by atoms with Gasteiger partial charge in [0.05, 0.1) is 29.9 Å². The number of ether oxygens (including phenoxy) is 1. The molecule has 0 spiro atoms. The van der Waals surface area contributed by atoms with Crippen LogP contribution in [-0.4, -0.2) is 56.6 Å². The summed E-state index contributed by atoms with van der Waals surface area (Å²) in [6, 6.07) is 19.0. The van der Waals surface area contributed by atoms with Gasteiger partial charge in [0.1, 0.15) is 0 Å². The minimum Gasteiger partial charge on any atom is -0.461 e. The van der Waals surface area contributed by atoms with Crippen molar-refractivity contribution in [3.8, 4) is 0 Å². The summed E-state index contributed by atoms with van der Waals surface area (Å²) in [5.41, 5.74) is -0.586. The van der Waals surface area contributed by atoms with Crippen LogP contribution in [0.3, 0.4) is 0 Å². The van der Waals surface area contributed by atoms with Gasteiger partial charge in [-0.25, -0.2) is 0 Å². The molecule has 1 aliphatic heterocycles. The predicted octanol–water partition coefficient (Wildman–Crippen LogP) is 7.70. The van der Waals surface area contributed by atoms with E-state index in [4.69, 9.17) is 9.15 Å². The maximum atomic E-state index is 15.1. The lowest BCUT2D eigenvalue weighted by Gasteiger charge is -2.47. The van der Waals surface area contributed by atoms with E-state index in [1.165, 1.54) is 11.8 Å². The Morgan fingerprint density at radius 2 is 1.71 bits per heavy atom. The van der Waals surface area contributed by atoms with Gasteiger partial charge in [0.2, 0.25) is 5.78 Å². The molecule has 0 unspecified atom stereocenters. The Morgan fingerprint density at radius 1 is 0.942 bits per heavy atom. The summed E-state index contributed by atoms with van der Waals surface area (Å²) < 4.78 is 11.7. The number of hydrogen-bond acceptors (Lipinski definition) is 7. The van der Waals surface area contributed by atoms with Crippen LogP contribution in [0.5, 0.6) is 0 Å². The van der Waals surface area contributed by atoms with Crippen LogP contribution in [0.25, 0.3) is 0 Å². The molecule has 4 aliphatic carbocycles. The van der Waals surface area contributed by atoms with Gasteiger partial charge < -0.3 is 24.3 Å². The zero-order valence-electron chi connectivity index (χ0n) is 31.2. The summed E-state index contributed by atoms with van der Waals surface area (Å²) >= 11 is 0. The van der Waals surface area contributed by atoms with E-state index < -0.39 is 33.6 Å². The van der Waals surface area contributed by atoms with Crippen molar-refractivity contribution in [3.05, 3.63) is 107 Å². The Balaban J connectivity index is 1.32. The predicted molar refractivity (Wildman–Crippen MR) is 197 cm³/mol. The molecule has 8 heteroatoms. The number of ketones is 1. The summed E-state index contributed by atoms with van der Waals surface area (Å²) in [5, 5.41) is 24.1. The number of benzene rings is 2. The zero-order valence-corrected chi connectivity index (χ0v) is 31.2. The Labute approximate surface area is 307 Å². The average molecular weight is 708 g/mol. The van der Waals surface area contributed by atoms with Crippen molar-refractivity contribution in [1.82, 2.24) is 4.90 Å². The van der Waals surface area contributed by atoms with Crippen molar-refractivity contribution in [1.29, 1.82) is 0 Å². The standard InChI is InChI=1S/C44H53NO7/c1-29-11-9-20-41(4)35(33-18-16-31(25-32(46)17-15-29)26-34(33)37(47)36-14-10-24-51-36)19-21-43(41,50)28-45(27-30-12-7-6-8-13-30)38(48)44-23-22-42(5,39(49)52-44)40(44,2)3/h6-8,10-14,16,18,24,26,32,35,46,50H,9,15,17,19-23,25,27-28H2,1-5H3/t32-,35-,41-,42-,43+,44+/m0/s1. The summed E-state index contributed by atoms with van der Waals surface area (Å²) in [7, 11) is 0. The highest BCUT2D eigenvalue weighted by Crippen LogP contribution is 2.66. The lowest BCUT2D eigenvalue weighted by atomic mass is 9.64. The Morgan fingerprint density at radius 3 is 2.38 bits per heavy atom. The molecule has 1 saturated heterocycles.